The van der Waals surface area contributed by atoms with Crippen LogP contribution in [0.4, 0.5) is 4.39 Å². The summed E-state index contributed by atoms with van der Waals surface area (Å²) in [4.78, 5) is 0. The first-order valence-corrected chi connectivity index (χ1v) is 6.58. The Morgan fingerprint density at radius 3 is 2.65 bits per heavy atom. The van der Waals surface area contributed by atoms with E-state index in [1.807, 2.05) is 12.1 Å². The molecule has 0 radical (unpaired) electrons. The molecule has 0 aliphatic heterocycles. The normalized spacial score (nSPS) is 29.2. The van der Waals surface area contributed by atoms with Crippen molar-refractivity contribution in [1.82, 2.24) is 0 Å². The molecule has 0 aromatic heterocycles. The molecule has 0 saturated heterocycles. The summed E-state index contributed by atoms with van der Waals surface area (Å²) in [6, 6.07) is 6.88. The summed E-state index contributed by atoms with van der Waals surface area (Å²) in [6.07, 6.45) is 6.02. The van der Waals surface area contributed by atoms with Gasteiger partial charge < -0.3 is 5.73 Å². The van der Waals surface area contributed by atoms with Gasteiger partial charge in [-0.25, -0.2) is 4.39 Å². The van der Waals surface area contributed by atoms with Gasteiger partial charge in [-0.1, -0.05) is 31.9 Å². The molecule has 2 heteroatoms. The molecule has 0 bridgehead atoms. The van der Waals surface area contributed by atoms with Crippen molar-refractivity contribution in [1.29, 1.82) is 0 Å². The number of nitrogens with two attached hydrogens (primary N) is 1. The summed E-state index contributed by atoms with van der Waals surface area (Å²) in [5.74, 6) is 0.611. The molecule has 0 heterocycles. The number of benzene rings is 1. The first-order valence-electron chi connectivity index (χ1n) is 6.58. The van der Waals surface area contributed by atoms with Crippen molar-refractivity contribution < 1.29 is 4.39 Å². The molecule has 0 amide bonds. The highest BCUT2D eigenvalue weighted by molar-refractivity contribution is 5.18. The van der Waals surface area contributed by atoms with Crippen molar-refractivity contribution in [3.63, 3.8) is 0 Å². The highest BCUT2D eigenvalue weighted by Gasteiger charge is 2.33. The summed E-state index contributed by atoms with van der Waals surface area (Å²) >= 11 is 0. The zero-order valence-corrected chi connectivity index (χ0v) is 10.6. The van der Waals surface area contributed by atoms with Gasteiger partial charge in [-0.05, 0) is 54.8 Å². The molecule has 2 N–H and O–H groups in total. The zero-order chi connectivity index (χ0) is 12.3. The van der Waals surface area contributed by atoms with Gasteiger partial charge in [0.05, 0.1) is 0 Å². The van der Waals surface area contributed by atoms with Crippen molar-refractivity contribution in [2.24, 2.45) is 17.1 Å². The first-order chi connectivity index (χ1) is 8.13. The van der Waals surface area contributed by atoms with E-state index in [2.05, 4.69) is 6.92 Å². The van der Waals surface area contributed by atoms with E-state index in [9.17, 15) is 4.39 Å². The second kappa shape index (κ2) is 5.18. The fourth-order valence-corrected chi connectivity index (χ4v) is 3.22. The fraction of sp³-hybridized carbons (Fsp3) is 0.600. The van der Waals surface area contributed by atoms with Crippen molar-refractivity contribution in [2.75, 3.05) is 6.54 Å². The van der Waals surface area contributed by atoms with Crippen molar-refractivity contribution in [3.8, 4) is 0 Å². The van der Waals surface area contributed by atoms with E-state index in [1.165, 1.54) is 31.2 Å². The summed E-state index contributed by atoms with van der Waals surface area (Å²) in [6.45, 7) is 3.06. The standard InChI is InChI=1S/C15H22FN/c1-12-3-2-8-15(9-12,11-17)10-13-4-6-14(16)7-5-13/h4-7,12H,2-3,8-11,17H2,1H3. The van der Waals surface area contributed by atoms with Crippen LogP contribution in [0.15, 0.2) is 24.3 Å². The fourth-order valence-electron chi connectivity index (χ4n) is 3.22. The highest BCUT2D eigenvalue weighted by atomic mass is 19.1. The Bertz CT molecular complexity index is 360. The maximum atomic E-state index is 12.9. The van der Waals surface area contributed by atoms with Gasteiger partial charge in [0.1, 0.15) is 5.82 Å². The Morgan fingerprint density at radius 2 is 2.06 bits per heavy atom. The molecule has 1 aromatic rings. The van der Waals surface area contributed by atoms with E-state index in [0.717, 1.165) is 18.9 Å². The zero-order valence-electron chi connectivity index (χ0n) is 10.6. The van der Waals surface area contributed by atoms with Crippen LogP contribution in [0.5, 0.6) is 0 Å². The molecule has 1 aliphatic carbocycles. The molecule has 1 aliphatic rings. The molecule has 1 aromatic carbocycles. The monoisotopic (exact) mass is 235 g/mol. The SMILES string of the molecule is CC1CCCC(CN)(Cc2ccc(F)cc2)C1. The van der Waals surface area contributed by atoms with Crippen molar-refractivity contribution in [3.05, 3.63) is 35.6 Å². The van der Waals surface area contributed by atoms with Crippen LogP contribution >= 0.6 is 0 Å². The molecular weight excluding hydrogens is 213 g/mol. The lowest BCUT2D eigenvalue weighted by Crippen LogP contribution is -2.37. The van der Waals surface area contributed by atoms with Gasteiger partial charge in [-0.3, -0.25) is 0 Å². The molecule has 2 unspecified atom stereocenters. The van der Waals surface area contributed by atoms with E-state index >= 15 is 0 Å². The third-order valence-corrected chi connectivity index (χ3v) is 4.11. The molecule has 2 atom stereocenters. The number of halogens is 1. The smallest absolute Gasteiger partial charge is 0.123 e. The average molecular weight is 235 g/mol. The van der Waals surface area contributed by atoms with E-state index < -0.39 is 0 Å². The summed E-state index contributed by atoms with van der Waals surface area (Å²) in [5, 5.41) is 0. The Balaban J connectivity index is 2.10. The largest absolute Gasteiger partial charge is 0.330 e. The van der Waals surface area contributed by atoms with Crippen LogP contribution in [0.1, 0.15) is 38.2 Å². The maximum absolute atomic E-state index is 12.9. The number of hydrogen-bond donors (Lipinski definition) is 1. The van der Waals surface area contributed by atoms with Gasteiger partial charge in [0.2, 0.25) is 0 Å². The lowest BCUT2D eigenvalue weighted by molar-refractivity contribution is 0.154. The van der Waals surface area contributed by atoms with E-state index in [4.69, 9.17) is 5.73 Å². The molecule has 94 valence electrons. The second-order valence-corrected chi connectivity index (χ2v) is 5.71. The molecule has 17 heavy (non-hydrogen) atoms. The highest BCUT2D eigenvalue weighted by Crippen LogP contribution is 2.41. The Labute approximate surface area is 103 Å². The molecule has 0 spiro atoms. The van der Waals surface area contributed by atoms with Gasteiger partial charge in [0.25, 0.3) is 0 Å². The van der Waals surface area contributed by atoms with Crippen LogP contribution in [-0.2, 0) is 6.42 Å². The van der Waals surface area contributed by atoms with Gasteiger partial charge >= 0.3 is 0 Å². The number of hydrogen-bond acceptors (Lipinski definition) is 1. The molecule has 1 fully saturated rings. The Kier molecular flexibility index (Phi) is 3.82. The topological polar surface area (TPSA) is 26.0 Å². The van der Waals surface area contributed by atoms with Crippen molar-refractivity contribution in [2.45, 2.75) is 39.0 Å². The van der Waals surface area contributed by atoms with Gasteiger partial charge in [0.15, 0.2) is 0 Å². The van der Waals surface area contributed by atoms with E-state index in [1.54, 1.807) is 12.1 Å². The second-order valence-electron chi connectivity index (χ2n) is 5.71. The molecule has 2 rings (SSSR count). The van der Waals surface area contributed by atoms with E-state index in [0.29, 0.717) is 0 Å². The van der Waals surface area contributed by atoms with Crippen LogP contribution < -0.4 is 5.73 Å². The molecule has 1 nitrogen and oxygen atoms in total. The lowest BCUT2D eigenvalue weighted by atomic mass is 9.67. The van der Waals surface area contributed by atoms with Crippen molar-refractivity contribution >= 4 is 0 Å². The first kappa shape index (κ1) is 12.6. The minimum atomic E-state index is -0.160. The van der Waals surface area contributed by atoms with Crippen LogP contribution in [0.2, 0.25) is 0 Å². The third-order valence-electron chi connectivity index (χ3n) is 4.11. The maximum Gasteiger partial charge on any atom is 0.123 e. The summed E-state index contributed by atoms with van der Waals surface area (Å²) < 4.78 is 12.9. The van der Waals surface area contributed by atoms with Crippen LogP contribution in [-0.4, -0.2) is 6.54 Å². The Morgan fingerprint density at radius 1 is 1.35 bits per heavy atom. The van der Waals surface area contributed by atoms with Crippen LogP contribution in [0.25, 0.3) is 0 Å². The van der Waals surface area contributed by atoms with Crippen LogP contribution in [0.3, 0.4) is 0 Å². The predicted molar refractivity (Wildman–Crippen MR) is 69.2 cm³/mol. The lowest BCUT2D eigenvalue weighted by Gasteiger charge is -2.39. The predicted octanol–water partition coefficient (Wildman–Crippen LogP) is 3.52. The quantitative estimate of drug-likeness (QED) is 0.852. The molecular formula is C15H22FN. The third kappa shape index (κ3) is 3.06. The Hall–Kier alpha value is -0.890. The van der Waals surface area contributed by atoms with Gasteiger partial charge in [-0.15, -0.1) is 0 Å². The summed E-state index contributed by atoms with van der Waals surface area (Å²) in [5.41, 5.74) is 7.46. The minimum absolute atomic E-state index is 0.160. The summed E-state index contributed by atoms with van der Waals surface area (Å²) in [7, 11) is 0. The number of rotatable bonds is 3. The van der Waals surface area contributed by atoms with Gasteiger partial charge in [-0.2, -0.15) is 0 Å². The van der Waals surface area contributed by atoms with Crippen LogP contribution in [0, 0.1) is 17.2 Å². The average Bonchev–Trinajstić information content (AvgIpc) is 2.32. The van der Waals surface area contributed by atoms with Gasteiger partial charge in [0, 0.05) is 0 Å². The van der Waals surface area contributed by atoms with E-state index in [-0.39, 0.29) is 11.2 Å². The minimum Gasteiger partial charge on any atom is -0.330 e. The molecule has 1 saturated carbocycles.